The number of rotatable bonds is 5. The van der Waals surface area contributed by atoms with Crippen LogP contribution < -0.4 is 5.32 Å². The van der Waals surface area contributed by atoms with Crippen LogP contribution in [0, 0.1) is 6.92 Å². The Morgan fingerprint density at radius 3 is 2.22 bits per heavy atom. The van der Waals surface area contributed by atoms with E-state index in [-0.39, 0.29) is 18.5 Å². The lowest BCUT2D eigenvalue weighted by atomic mass is 10.1. The molecule has 1 amide bonds. The highest BCUT2D eigenvalue weighted by Crippen LogP contribution is 2.23. The van der Waals surface area contributed by atoms with E-state index in [0.717, 1.165) is 44.1 Å². The summed E-state index contributed by atoms with van der Waals surface area (Å²) in [5, 5.41) is 2.78. The molecule has 0 bridgehead atoms. The molecule has 0 spiro atoms. The summed E-state index contributed by atoms with van der Waals surface area (Å²) in [5.74, 6) is -0.288. The molecule has 0 atom stereocenters. The van der Waals surface area contributed by atoms with Crippen LogP contribution >= 0.6 is 0 Å². The maximum Gasteiger partial charge on any atom is 0.239 e. The summed E-state index contributed by atoms with van der Waals surface area (Å²) in [6.45, 7) is 1.86. The Morgan fingerprint density at radius 2 is 1.70 bits per heavy atom. The van der Waals surface area contributed by atoms with Gasteiger partial charge in [-0.15, -0.1) is 0 Å². The predicted molar refractivity (Wildman–Crippen MR) is 92.8 cm³/mol. The van der Waals surface area contributed by atoms with Crippen molar-refractivity contribution >= 4 is 21.6 Å². The number of sulfonamides is 1. The van der Waals surface area contributed by atoms with Crippen molar-refractivity contribution in [2.45, 2.75) is 51.5 Å². The van der Waals surface area contributed by atoms with E-state index in [4.69, 9.17) is 0 Å². The van der Waals surface area contributed by atoms with Crippen molar-refractivity contribution in [1.29, 1.82) is 0 Å². The van der Waals surface area contributed by atoms with Crippen molar-refractivity contribution in [2.24, 2.45) is 0 Å². The van der Waals surface area contributed by atoms with Gasteiger partial charge in [0.25, 0.3) is 0 Å². The van der Waals surface area contributed by atoms with Crippen molar-refractivity contribution in [3.8, 4) is 0 Å². The summed E-state index contributed by atoms with van der Waals surface area (Å²) < 4.78 is 25.6. The summed E-state index contributed by atoms with van der Waals surface area (Å²) in [6.07, 6.45) is 7.20. The standard InChI is InChI=1S/C17H26N2O3S/c1-14-9-11-15(12-10-14)18-17(20)13-19(23(2,21)22)16-7-5-3-4-6-8-16/h9-12,16H,3-8,13H2,1-2H3,(H,18,20). The second-order valence-corrected chi connectivity index (χ2v) is 8.30. The molecule has 1 aliphatic carbocycles. The van der Waals surface area contributed by atoms with Crippen LogP contribution in [-0.4, -0.2) is 37.5 Å². The van der Waals surface area contributed by atoms with Gasteiger partial charge < -0.3 is 5.32 Å². The fraction of sp³-hybridized carbons (Fsp3) is 0.588. The van der Waals surface area contributed by atoms with Gasteiger partial charge in [-0.05, 0) is 31.9 Å². The number of hydrogen-bond donors (Lipinski definition) is 1. The first-order valence-electron chi connectivity index (χ1n) is 8.19. The van der Waals surface area contributed by atoms with Crippen LogP contribution in [0.3, 0.4) is 0 Å². The van der Waals surface area contributed by atoms with E-state index in [1.54, 1.807) is 0 Å². The number of carbonyl (C=O) groups is 1. The Kier molecular flexibility index (Phi) is 6.18. The molecule has 6 heteroatoms. The summed E-state index contributed by atoms with van der Waals surface area (Å²) in [5.41, 5.74) is 1.80. The number of nitrogens with zero attached hydrogens (tertiary/aromatic N) is 1. The Labute approximate surface area is 139 Å². The number of carbonyl (C=O) groups excluding carboxylic acids is 1. The fourth-order valence-electron chi connectivity index (χ4n) is 3.04. The molecule has 1 saturated carbocycles. The lowest BCUT2D eigenvalue weighted by molar-refractivity contribution is -0.116. The molecule has 128 valence electrons. The van der Waals surface area contributed by atoms with Gasteiger partial charge in [0.2, 0.25) is 15.9 Å². The van der Waals surface area contributed by atoms with E-state index in [2.05, 4.69) is 5.32 Å². The van der Waals surface area contributed by atoms with Crippen molar-refractivity contribution in [3.05, 3.63) is 29.8 Å². The minimum absolute atomic E-state index is 0.0590. The lowest BCUT2D eigenvalue weighted by Crippen LogP contribution is -2.44. The molecule has 5 nitrogen and oxygen atoms in total. The predicted octanol–water partition coefficient (Wildman–Crippen LogP) is 2.92. The van der Waals surface area contributed by atoms with E-state index in [9.17, 15) is 13.2 Å². The third kappa shape index (κ3) is 5.62. The number of amides is 1. The molecule has 0 aliphatic heterocycles. The minimum Gasteiger partial charge on any atom is -0.325 e. The van der Waals surface area contributed by atoms with Gasteiger partial charge in [0.15, 0.2) is 0 Å². The molecule has 1 N–H and O–H groups in total. The number of hydrogen-bond acceptors (Lipinski definition) is 3. The van der Waals surface area contributed by atoms with E-state index in [1.807, 2.05) is 31.2 Å². The highest BCUT2D eigenvalue weighted by atomic mass is 32.2. The third-order valence-corrected chi connectivity index (χ3v) is 5.57. The average Bonchev–Trinajstić information content (AvgIpc) is 2.75. The third-order valence-electron chi connectivity index (χ3n) is 4.29. The Bertz CT molecular complexity index is 618. The van der Waals surface area contributed by atoms with Gasteiger partial charge in [-0.3, -0.25) is 4.79 Å². The molecule has 1 fully saturated rings. The van der Waals surface area contributed by atoms with Gasteiger partial charge in [-0.1, -0.05) is 43.4 Å². The van der Waals surface area contributed by atoms with Crippen molar-refractivity contribution in [1.82, 2.24) is 4.31 Å². The zero-order chi connectivity index (χ0) is 16.9. The Hall–Kier alpha value is -1.40. The van der Waals surface area contributed by atoms with E-state index in [1.165, 1.54) is 10.6 Å². The van der Waals surface area contributed by atoms with Gasteiger partial charge in [-0.25, -0.2) is 8.42 Å². The van der Waals surface area contributed by atoms with Crippen molar-refractivity contribution < 1.29 is 13.2 Å². The van der Waals surface area contributed by atoms with E-state index in [0.29, 0.717) is 5.69 Å². The Balaban J connectivity index is 2.04. The largest absolute Gasteiger partial charge is 0.325 e. The van der Waals surface area contributed by atoms with Crippen LogP contribution in [0.4, 0.5) is 5.69 Å². The zero-order valence-electron chi connectivity index (χ0n) is 13.9. The van der Waals surface area contributed by atoms with Crippen molar-refractivity contribution in [2.75, 3.05) is 18.1 Å². The molecule has 1 aromatic carbocycles. The average molecular weight is 338 g/mol. The second kappa shape index (κ2) is 7.93. The molecule has 23 heavy (non-hydrogen) atoms. The SMILES string of the molecule is Cc1ccc(NC(=O)CN(C2CCCCCC2)S(C)(=O)=O)cc1. The fourth-order valence-corrected chi connectivity index (χ4v) is 4.15. The topological polar surface area (TPSA) is 66.5 Å². The highest BCUT2D eigenvalue weighted by molar-refractivity contribution is 7.88. The monoisotopic (exact) mass is 338 g/mol. The zero-order valence-corrected chi connectivity index (χ0v) is 14.7. The smallest absolute Gasteiger partial charge is 0.239 e. The number of benzene rings is 1. The summed E-state index contributed by atoms with van der Waals surface area (Å²) in [6, 6.07) is 7.41. The van der Waals surface area contributed by atoms with Crippen LogP contribution in [0.25, 0.3) is 0 Å². The highest BCUT2D eigenvalue weighted by Gasteiger charge is 2.29. The minimum atomic E-state index is -3.40. The van der Waals surface area contributed by atoms with Crippen LogP contribution in [0.15, 0.2) is 24.3 Å². The van der Waals surface area contributed by atoms with Gasteiger partial charge >= 0.3 is 0 Å². The molecule has 0 heterocycles. The first-order valence-corrected chi connectivity index (χ1v) is 10.0. The second-order valence-electron chi connectivity index (χ2n) is 6.37. The van der Waals surface area contributed by atoms with Crippen LogP contribution in [0.1, 0.15) is 44.1 Å². The van der Waals surface area contributed by atoms with Crippen LogP contribution in [0.5, 0.6) is 0 Å². The first-order chi connectivity index (χ1) is 10.9. The first kappa shape index (κ1) is 17.9. The number of nitrogens with one attached hydrogen (secondary N) is 1. The normalized spacial score (nSPS) is 17.0. The summed E-state index contributed by atoms with van der Waals surface area (Å²) in [7, 11) is -3.40. The number of anilines is 1. The number of aryl methyl sites for hydroxylation is 1. The molecule has 0 radical (unpaired) electrons. The summed E-state index contributed by atoms with van der Waals surface area (Å²) >= 11 is 0. The van der Waals surface area contributed by atoms with Gasteiger partial charge in [0.1, 0.15) is 0 Å². The molecule has 0 saturated heterocycles. The van der Waals surface area contributed by atoms with Gasteiger partial charge in [-0.2, -0.15) is 4.31 Å². The summed E-state index contributed by atoms with van der Waals surface area (Å²) in [4.78, 5) is 12.3. The maximum absolute atomic E-state index is 12.3. The van der Waals surface area contributed by atoms with Gasteiger partial charge in [0.05, 0.1) is 12.8 Å². The maximum atomic E-state index is 12.3. The Morgan fingerprint density at radius 1 is 1.13 bits per heavy atom. The molecule has 1 aromatic rings. The molecular formula is C17H26N2O3S. The molecular weight excluding hydrogens is 312 g/mol. The molecule has 0 unspecified atom stereocenters. The molecule has 2 rings (SSSR count). The molecule has 0 aromatic heterocycles. The quantitative estimate of drug-likeness (QED) is 0.840. The van der Waals surface area contributed by atoms with Crippen LogP contribution in [0.2, 0.25) is 0 Å². The van der Waals surface area contributed by atoms with Crippen LogP contribution in [-0.2, 0) is 14.8 Å². The van der Waals surface area contributed by atoms with E-state index >= 15 is 0 Å². The lowest BCUT2D eigenvalue weighted by Gasteiger charge is -2.28. The molecule has 1 aliphatic rings. The van der Waals surface area contributed by atoms with Crippen molar-refractivity contribution in [3.63, 3.8) is 0 Å². The van der Waals surface area contributed by atoms with Gasteiger partial charge in [0, 0.05) is 11.7 Å². The van der Waals surface area contributed by atoms with E-state index < -0.39 is 10.0 Å².